The molecule has 2 aliphatic heterocycles. The molecule has 1 aromatic carbocycles. The van der Waals surface area contributed by atoms with Gasteiger partial charge >= 0.3 is 0 Å². The van der Waals surface area contributed by atoms with Crippen LogP contribution in [0.15, 0.2) is 42.7 Å². The predicted octanol–water partition coefficient (Wildman–Crippen LogP) is 2.23. The van der Waals surface area contributed by atoms with Crippen LogP contribution in [0, 0.1) is 0 Å². The lowest BCUT2D eigenvalue weighted by atomic mass is 9.98. The van der Waals surface area contributed by atoms with E-state index in [1.54, 1.807) is 29.4 Å². The highest BCUT2D eigenvalue weighted by Crippen LogP contribution is 2.24. The summed E-state index contributed by atoms with van der Waals surface area (Å²) in [5, 5.41) is 2.91. The Kier molecular flexibility index (Phi) is 5.55. The van der Waals surface area contributed by atoms with Crippen molar-refractivity contribution in [2.24, 2.45) is 0 Å². The number of amides is 3. The number of hydrogen-bond donors (Lipinski definition) is 1. The molecule has 0 bridgehead atoms. The van der Waals surface area contributed by atoms with Gasteiger partial charge < -0.3 is 15.1 Å². The minimum Gasteiger partial charge on any atom is -0.342 e. The average Bonchev–Trinajstić information content (AvgIpc) is 3.16. The number of carbonyl (C=O) groups excluding carboxylic acids is 3. The van der Waals surface area contributed by atoms with Crippen molar-refractivity contribution in [1.82, 2.24) is 14.8 Å². The summed E-state index contributed by atoms with van der Waals surface area (Å²) in [5.41, 5.74) is 3.51. The van der Waals surface area contributed by atoms with E-state index in [-0.39, 0.29) is 17.7 Å². The Morgan fingerprint density at radius 1 is 1.03 bits per heavy atom. The van der Waals surface area contributed by atoms with Crippen LogP contribution >= 0.6 is 0 Å². The number of aromatic nitrogens is 1. The first-order valence-corrected chi connectivity index (χ1v) is 9.99. The van der Waals surface area contributed by atoms with Crippen LogP contribution in [0.3, 0.4) is 0 Å². The van der Waals surface area contributed by atoms with Gasteiger partial charge in [0.05, 0.1) is 0 Å². The first-order chi connectivity index (χ1) is 14.1. The van der Waals surface area contributed by atoms with Gasteiger partial charge in [0.2, 0.25) is 11.8 Å². The van der Waals surface area contributed by atoms with Gasteiger partial charge in [-0.05, 0) is 48.2 Å². The summed E-state index contributed by atoms with van der Waals surface area (Å²) in [6.07, 6.45) is 5.81. The fourth-order valence-corrected chi connectivity index (χ4v) is 3.88. The van der Waals surface area contributed by atoms with Crippen molar-refractivity contribution < 1.29 is 14.4 Å². The van der Waals surface area contributed by atoms with E-state index in [2.05, 4.69) is 10.3 Å². The Morgan fingerprint density at radius 3 is 2.62 bits per heavy atom. The van der Waals surface area contributed by atoms with Gasteiger partial charge in [-0.25, -0.2) is 0 Å². The van der Waals surface area contributed by atoms with Gasteiger partial charge in [0.25, 0.3) is 5.91 Å². The second-order valence-corrected chi connectivity index (χ2v) is 7.47. The molecule has 1 saturated heterocycles. The number of nitrogens with one attached hydrogen (secondary N) is 1. The summed E-state index contributed by atoms with van der Waals surface area (Å²) in [5.74, 6) is 0.0318. The van der Waals surface area contributed by atoms with Crippen LogP contribution in [0.25, 0.3) is 0 Å². The third-order valence-electron chi connectivity index (χ3n) is 5.54. The first kappa shape index (κ1) is 19.1. The lowest BCUT2D eigenvalue weighted by Gasteiger charge is -2.30. The van der Waals surface area contributed by atoms with E-state index in [9.17, 15) is 14.4 Å². The van der Waals surface area contributed by atoms with Crippen molar-refractivity contribution in [1.29, 1.82) is 0 Å². The SMILES string of the molecule is O=C(Nc1ccc2c(c1)CN(C(=O)CCN1CCCC1=O)CC2)c1ccncc1. The van der Waals surface area contributed by atoms with E-state index in [1.807, 2.05) is 23.1 Å². The van der Waals surface area contributed by atoms with Crippen molar-refractivity contribution in [3.05, 3.63) is 59.4 Å². The molecule has 3 heterocycles. The normalized spacial score (nSPS) is 15.9. The molecule has 150 valence electrons. The minimum atomic E-state index is -0.189. The number of anilines is 1. The van der Waals surface area contributed by atoms with Crippen LogP contribution in [-0.4, -0.2) is 52.1 Å². The predicted molar refractivity (Wildman–Crippen MR) is 108 cm³/mol. The standard InChI is InChI=1S/C22H24N4O3/c27-20-2-1-11-25(20)13-8-21(28)26-12-7-16-3-4-19(14-18(16)15-26)24-22(29)17-5-9-23-10-6-17/h3-6,9-10,14H,1-2,7-8,11-13,15H2,(H,24,29). The van der Waals surface area contributed by atoms with Crippen LogP contribution < -0.4 is 5.32 Å². The summed E-state index contributed by atoms with van der Waals surface area (Å²) in [7, 11) is 0. The number of rotatable bonds is 5. The Balaban J connectivity index is 1.38. The molecule has 0 spiro atoms. The van der Waals surface area contributed by atoms with E-state index in [0.717, 1.165) is 24.9 Å². The van der Waals surface area contributed by atoms with Gasteiger partial charge in [0.15, 0.2) is 0 Å². The fourth-order valence-electron chi connectivity index (χ4n) is 3.88. The number of benzene rings is 1. The molecule has 4 rings (SSSR count). The number of carbonyl (C=O) groups is 3. The van der Waals surface area contributed by atoms with Gasteiger partial charge in [-0.3, -0.25) is 19.4 Å². The molecular weight excluding hydrogens is 368 g/mol. The first-order valence-electron chi connectivity index (χ1n) is 9.99. The van der Waals surface area contributed by atoms with Gasteiger partial charge in [-0.1, -0.05) is 6.07 Å². The number of nitrogens with zero attached hydrogens (tertiary/aromatic N) is 3. The summed E-state index contributed by atoms with van der Waals surface area (Å²) >= 11 is 0. The van der Waals surface area contributed by atoms with Crippen molar-refractivity contribution in [3.8, 4) is 0 Å². The monoisotopic (exact) mass is 392 g/mol. The molecule has 0 unspecified atom stereocenters. The fraction of sp³-hybridized carbons (Fsp3) is 0.364. The summed E-state index contributed by atoms with van der Waals surface area (Å²) in [4.78, 5) is 44.3. The zero-order chi connectivity index (χ0) is 20.2. The topological polar surface area (TPSA) is 82.6 Å². The number of pyridine rings is 1. The third-order valence-corrected chi connectivity index (χ3v) is 5.54. The molecule has 0 saturated carbocycles. The second kappa shape index (κ2) is 8.43. The Hall–Kier alpha value is -3.22. The summed E-state index contributed by atoms with van der Waals surface area (Å²) in [6, 6.07) is 9.19. The molecule has 1 N–H and O–H groups in total. The molecule has 1 fully saturated rings. The van der Waals surface area contributed by atoms with Crippen LogP contribution in [0.5, 0.6) is 0 Å². The molecule has 2 aromatic rings. The van der Waals surface area contributed by atoms with E-state index >= 15 is 0 Å². The maximum Gasteiger partial charge on any atom is 0.255 e. The van der Waals surface area contributed by atoms with Crippen LogP contribution in [0.2, 0.25) is 0 Å². The number of fused-ring (bicyclic) bond motifs is 1. The van der Waals surface area contributed by atoms with Crippen molar-refractivity contribution in [2.75, 3.05) is 25.0 Å². The minimum absolute atomic E-state index is 0.0709. The highest BCUT2D eigenvalue weighted by Gasteiger charge is 2.24. The summed E-state index contributed by atoms with van der Waals surface area (Å²) in [6.45, 7) is 2.47. The van der Waals surface area contributed by atoms with Crippen molar-refractivity contribution >= 4 is 23.4 Å². The molecule has 29 heavy (non-hydrogen) atoms. The molecule has 2 aliphatic rings. The van der Waals surface area contributed by atoms with Gasteiger partial charge in [0, 0.05) is 62.7 Å². The average molecular weight is 392 g/mol. The zero-order valence-corrected chi connectivity index (χ0v) is 16.3. The van der Waals surface area contributed by atoms with E-state index < -0.39 is 0 Å². The summed E-state index contributed by atoms with van der Waals surface area (Å²) < 4.78 is 0. The van der Waals surface area contributed by atoms with Crippen molar-refractivity contribution in [3.63, 3.8) is 0 Å². The van der Waals surface area contributed by atoms with Crippen molar-refractivity contribution in [2.45, 2.75) is 32.2 Å². The highest BCUT2D eigenvalue weighted by molar-refractivity contribution is 6.04. The molecular formula is C22H24N4O3. The quantitative estimate of drug-likeness (QED) is 0.846. The molecule has 7 heteroatoms. The lowest BCUT2D eigenvalue weighted by Crippen LogP contribution is -2.38. The van der Waals surface area contributed by atoms with Gasteiger partial charge in [-0.2, -0.15) is 0 Å². The van der Waals surface area contributed by atoms with Crippen LogP contribution in [0.1, 0.15) is 40.7 Å². The van der Waals surface area contributed by atoms with E-state index in [1.165, 1.54) is 5.56 Å². The molecule has 7 nitrogen and oxygen atoms in total. The molecule has 1 aromatic heterocycles. The smallest absolute Gasteiger partial charge is 0.255 e. The third kappa shape index (κ3) is 4.45. The molecule has 0 aliphatic carbocycles. The second-order valence-electron chi connectivity index (χ2n) is 7.47. The van der Waals surface area contributed by atoms with E-state index in [4.69, 9.17) is 0 Å². The highest BCUT2D eigenvalue weighted by atomic mass is 16.2. The lowest BCUT2D eigenvalue weighted by molar-refractivity contribution is -0.133. The molecule has 0 atom stereocenters. The maximum absolute atomic E-state index is 12.6. The Labute approximate surface area is 169 Å². The zero-order valence-electron chi connectivity index (χ0n) is 16.3. The van der Waals surface area contributed by atoms with Gasteiger partial charge in [-0.15, -0.1) is 0 Å². The van der Waals surface area contributed by atoms with Gasteiger partial charge in [0.1, 0.15) is 0 Å². The molecule has 0 radical (unpaired) electrons. The number of likely N-dealkylation sites (tertiary alicyclic amines) is 1. The molecule has 3 amide bonds. The van der Waals surface area contributed by atoms with Crippen LogP contribution in [-0.2, 0) is 22.6 Å². The van der Waals surface area contributed by atoms with Crippen LogP contribution in [0.4, 0.5) is 5.69 Å². The Morgan fingerprint density at radius 2 is 1.86 bits per heavy atom. The number of hydrogen-bond acceptors (Lipinski definition) is 4. The maximum atomic E-state index is 12.6. The Bertz CT molecular complexity index is 929. The van der Waals surface area contributed by atoms with E-state index in [0.29, 0.717) is 43.7 Å². The largest absolute Gasteiger partial charge is 0.342 e.